The largest absolute Gasteiger partial charge is 0.433 e. The van der Waals surface area contributed by atoms with Gasteiger partial charge in [0.15, 0.2) is 0 Å². The van der Waals surface area contributed by atoms with Gasteiger partial charge in [-0.1, -0.05) is 47.7 Å². The first-order chi connectivity index (χ1) is 12.1. The van der Waals surface area contributed by atoms with Crippen molar-refractivity contribution in [2.45, 2.75) is 37.4 Å². The predicted octanol–water partition coefficient (Wildman–Crippen LogP) is 6.08. The summed E-state index contributed by atoms with van der Waals surface area (Å²) in [6.07, 6.45) is -3.72. The summed E-state index contributed by atoms with van der Waals surface area (Å²) in [4.78, 5) is 4.63. The molecule has 26 heavy (non-hydrogen) atoms. The number of para-hydroxylation sites is 1. The molecule has 138 valence electrons. The fourth-order valence-electron chi connectivity index (χ4n) is 2.01. The molecular weight excluding hydrogens is 359 g/mol. The lowest BCUT2D eigenvalue weighted by Gasteiger charge is -2.22. The number of aliphatic hydroxyl groups is 1. The van der Waals surface area contributed by atoms with Gasteiger partial charge in [-0.3, -0.25) is 0 Å². The molecule has 0 radical (unpaired) electrons. The van der Waals surface area contributed by atoms with Crippen LogP contribution in [0.25, 0.3) is 0 Å². The smallest absolute Gasteiger partial charge is 0.385 e. The van der Waals surface area contributed by atoms with Crippen LogP contribution < -0.4 is 0 Å². The number of hydrogen-bond acceptors (Lipinski definition) is 3. The van der Waals surface area contributed by atoms with Crippen molar-refractivity contribution in [1.29, 1.82) is 0 Å². The first kappa shape index (κ1) is 20.3. The van der Waals surface area contributed by atoms with Crippen molar-refractivity contribution in [3.63, 3.8) is 0 Å². The van der Waals surface area contributed by atoms with E-state index in [2.05, 4.69) is 4.99 Å². The lowest BCUT2D eigenvalue weighted by atomic mass is 10.1. The summed E-state index contributed by atoms with van der Waals surface area (Å²) < 4.78 is 40.4. The summed E-state index contributed by atoms with van der Waals surface area (Å²) in [6.45, 7) is 4.84. The third kappa shape index (κ3) is 6.04. The van der Waals surface area contributed by atoms with Gasteiger partial charge in [-0.05, 0) is 51.1 Å². The molecule has 2 aromatic carbocycles. The second kappa shape index (κ2) is 8.10. The van der Waals surface area contributed by atoms with Crippen LogP contribution >= 0.6 is 11.8 Å². The monoisotopic (exact) mass is 379 g/mol. The third-order valence-electron chi connectivity index (χ3n) is 3.42. The summed E-state index contributed by atoms with van der Waals surface area (Å²) in [6, 6.07) is 15.3. The molecule has 2 nitrogen and oxygen atoms in total. The highest BCUT2D eigenvalue weighted by molar-refractivity contribution is 8.03. The van der Waals surface area contributed by atoms with E-state index in [9.17, 15) is 18.3 Å². The van der Waals surface area contributed by atoms with Gasteiger partial charge < -0.3 is 5.11 Å². The predicted molar refractivity (Wildman–Crippen MR) is 101 cm³/mol. The number of nitrogens with zero attached hydrogens (tertiary/aromatic N) is 1. The number of aryl methyl sites for hydroxylation is 1. The van der Waals surface area contributed by atoms with Crippen molar-refractivity contribution < 1.29 is 18.3 Å². The van der Waals surface area contributed by atoms with E-state index in [1.807, 2.05) is 19.1 Å². The van der Waals surface area contributed by atoms with E-state index in [1.165, 1.54) is 26.0 Å². The summed E-state index contributed by atoms with van der Waals surface area (Å²) in [5.74, 6) is 0. The number of allylic oxidation sites excluding steroid dienone is 1. The van der Waals surface area contributed by atoms with Crippen molar-refractivity contribution in [1.82, 2.24) is 0 Å². The summed E-state index contributed by atoms with van der Waals surface area (Å²) in [5, 5.41) is 10.4. The second-order valence-electron chi connectivity index (χ2n) is 6.31. The molecule has 0 unspecified atom stereocenters. The van der Waals surface area contributed by atoms with Crippen molar-refractivity contribution in [2.24, 2.45) is 4.99 Å². The van der Waals surface area contributed by atoms with E-state index in [0.717, 1.165) is 28.3 Å². The summed E-state index contributed by atoms with van der Waals surface area (Å²) >= 11 is 1.09. The minimum atomic E-state index is -4.64. The van der Waals surface area contributed by atoms with Crippen molar-refractivity contribution in [3.8, 4) is 0 Å². The highest BCUT2D eigenvalue weighted by Gasteiger charge is 2.36. The molecule has 0 heterocycles. The molecule has 0 saturated carbocycles. The van der Waals surface area contributed by atoms with Gasteiger partial charge in [-0.15, -0.1) is 0 Å². The standard InChI is InChI=1S/C20H20F3NOS/c1-14-9-11-16(12-10-14)26-18(19(2,3)25)13-17(20(21,22)23)24-15-7-5-4-6-8-15/h4-13,25H,1-3H3/b18-13-,24-17?. The molecule has 0 spiro atoms. The zero-order chi connectivity index (χ0) is 19.4. The number of aliphatic imine (C=N–C) groups is 1. The van der Waals surface area contributed by atoms with E-state index in [4.69, 9.17) is 0 Å². The maximum Gasteiger partial charge on any atom is 0.433 e. The van der Waals surface area contributed by atoms with Gasteiger partial charge in [0.2, 0.25) is 0 Å². The van der Waals surface area contributed by atoms with Crippen LogP contribution in [-0.2, 0) is 0 Å². The Labute approximate surface area is 155 Å². The Morgan fingerprint density at radius 2 is 1.58 bits per heavy atom. The van der Waals surface area contributed by atoms with Gasteiger partial charge >= 0.3 is 6.18 Å². The minimum absolute atomic E-state index is 0.161. The first-order valence-electron chi connectivity index (χ1n) is 7.96. The number of benzene rings is 2. The molecule has 0 aromatic heterocycles. The molecule has 0 aliphatic carbocycles. The van der Waals surface area contributed by atoms with E-state index in [-0.39, 0.29) is 10.6 Å². The van der Waals surface area contributed by atoms with Crippen LogP contribution in [0.4, 0.5) is 18.9 Å². The number of halogens is 3. The number of rotatable bonds is 5. The first-order valence-corrected chi connectivity index (χ1v) is 8.77. The fourth-order valence-corrected chi connectivity index (χ4v) is 2.95. The average molecular weight is 379 g/mol. The van der Waals surface area contributed by atoms with Crippen LogP contribution in [0.15, 0.2) is 75.5 Å². The maximum absolute atomic E-state index is 13.5. The van der Waals surface area contributed by atoms with Gasteiger partial charge in [-0.25, -0.2) is 4.99 Å². The van der Waals surface area contributed by atoms with Crippen molar-refractivity contribution in [3.05, 3.63) is 71.1 Å². The van der Waals surface area contributed by atoms with Crippen molar-refractivity contribution >= 4 is 23.2 Å². The van der Waals surface area contributed by atoms with Crippen molar-refractivity contribution in [2.75, 3.05) is 0 Å². The molecule has 0 bridgehead atoms. The molecule has 0 atom stereocenters. The summed E-state index contributed by atoms with van der Waals surface area (Å²) in [5.41, 5.74) is -1.25. The quantitative estimate of drug-likeness (QED) is 0.505. The Hall–Kier alpha value is -2.05. The molecule has 0 aliphatic heterocycles. The van der Waals surface area contributed by atoms with Crippen LogP contribution in [-0.4, -0.2) is 22.6 Å². The zero-order valence-electron chi connectivity index (χ0n) is 14.7. The van der Waals surface area contributed by atoms with Gasteiger partial charge in [0.25, 0.3) is 0 Å². The van der Waals surface area contributed by atoms with E-state index in [0.29, 0.717) is 0 Å². The van der Waals surface area contributed by atoms with Gasteiger partial charge in [0, 0.05) is 9.80 Å². The molecule has 1 N–H and O–H groups in total. The van der Waals surface area contributed by atoms with Gasteiger partial charge in [0.05, 0.1) is 11.3 Å². The topological polar surface area (TPSA) is 32.6 Å². The van der Waals surface area contributed by atoms with E-state index < -0.39 is 17.5 Å². The molecular formula is C20H20F3NOS. The number of hydrogen-bond donors (Lipinski definition) is 1. The lowest BCUT2D eigenvalue weighted by molar-refractivity contribution is -0.0576. The highest BCUT2D eigenvalue weighted by atomic mass is 32.2. The van der Waals surface area contributed by atoms with E-state index in [1.54, 1.807) is 30.3 Å². The molecule has 0 saturated heterocycles. The SMILES string of the molecule is Cc1ccc(S/C(=C\C(=Nc2ccccc2)C(F)(F)F)C(C)(C)O)cc1. The van der Waals surface area contributed by atoms with Crippen LogP contribution in [0.5, 0.6) is 0 Å². The third-order valence-corrected chi connectivity index (χ3v) is 4.76. The molecule has 0 amide bonds. The second-order valence-corrected chi connectivity index (χ2v) is 7.43. The zero-order valence-corrected chi connectivity index (χ0v) is 15.5. The minimum Gasteiger partial charge on any atom is -0.385 e. The Kier molecular flexibility index (Phi) is 6.31. The molecule has 6 heteroatoms. The van der Waals surface area contributed by atoms with Crippen LogP contribution in [0.3, 0.4) is 0 Å². The lowest BCUT2D eigenvalue weighted by Crippen LogP contribution is -2.25. The molecule has 2 aromatic rings. The van der Waals surface area contributed by atoms with E-state index >= 15 is 0 Å². The number of thioether (sulfide) groups is 1. The van der Waals surface area contributed by atoms with Crippen LogP contribution in [0.2, 0.25) is 0 Å². The number of alkyl halides is 3. The van der Waals surface area contributed by atoms with Gasteiger partial charge in [0.1, 0.15) is 5.71 Å². The van der Waals surface area contributed by atoms with Crippen LogP contribution in [0.1, 0.15) is 19.4 Å². The average Bonchev–Trinajstić information content (AvgIpc) is 2.54. The van der Waals surface area contributed by atoms with Crippen LogP contribution in [0, 0.1) is 6.92 Å². The molecule has 2 rings (SSSR count). The molecule has 0 aliphatic rings. The Balaban J connectivity index is 2.47. The maximum atomic E-state index is 13.5. The Morgan fingerprint density at radius 3 is 2.08 bits per heavy atom. The normalized spacial score (nSPS) is 13.8. The summed E-state index contributed by atoms with van der Waals surface area (Å²) in [7, 11) is 0. The molecule has 0 fully saturated rings. The highest BCUT2D eigenvalue weighted by Crippen LogP contribution is 2.36. The Bertz CT molecular complexity index is 789. The van der Waals surface area contributed by atoms with Gasteiger partial charge in [-0.2, -0.15) is 13.2 Å². The Morgan fingerprint density at radius 1 is 1.00 bits per heavy atom. The fraction of sp³-hybridized carbons (Fsp3) is 0.250.